The van der Waals surface area contributed by atoms with Gasteiger partial charge in [-0.15, -0.1) is 0 Å². The second-order valence-electron chi connectivity index (χ2n) is 6.11. The number of piperidine rings is 1. The molecule has 0 saturated carbocycles. The Hall–Kier alpha value is -2.57. The van der Waals surface area contributed by atoms with Crippen LogP contribution in [0.4, 0.5) is 4.79 Å². The Balaban J connectivity index is 2.04. The topological polar surface area (TPSA) is 102 Å². The molecule has 7 heteroatoms. The van der Waals surface area contributed by atoms with Crippen molar-refractivity contribution < 1.29 is 19.1 Å². The largest absolute Gasteiger partial charge is 0.450 e. The smallest absolute Gasteiger partial charge is 0.407 e. The van der Waals surface area contributed by atoms with E-state index in [0.717, 1.165) is 5.56 Å². The van der Waals surface area contributed by atoms with Gasteiger partial charge in [0.2, 0.25) is 11.8 Å². The highest BCUT2D eigenvalue weighted by Crippen LogP contribution is 2.18. The van der Waals surface area contributed by atoms with Crippen LogP contribution in [-0.4, -0.2) is 48.5 Å². The molecule has 1 aliphatic heterocycles. The first-order valence-electron chi connectivity index (χ1n) is 8.56. The lowest BCUT2D eigenvalue weighted by Crippen LogP contribution is -2.52. The minimum Gasteiger partial charge on any atom is -0.450 e. The van der Waals surface area contributed by atoms with Crippen LogP contribution in [0, 0.1) is 5.92 Å². The number of rotatable bonds is 6. The summed E-state index contributed by atoms with van der Waals surface area (Å²) in [5.74, 6) is -0.674. The molecule has 0 bridgehead atoms. The van der Waals surface area contributed by atoms with Crippen LogP contribution in [0.15, 0.2) is 30.3 Å². The Kier molecular flexibility index (Phi) is 6.80. The highest BCUT2D eigenvalue weighted by atomic mass is 16.5. The number of amides is 3. The number of nitrogens with one attached hydrogen (secondary N) is 1. The summed E-state index contributed by atoms with van der Waals surface area (Å²) in [5, 5.41) is 2.65. The quantitative estimate of drug-likeness (QED) is 0.803. The molecule has 1 aromatic carbocycles. The van der Waals surface area contributed by atoms with Gasteiger partial charge in [-0.1, -0.05) is 30.3 Å². The Morgan fingerprint density at radius 3 is 2.44 bits per heavy atom. The van der Waals surface area contributed by atoms with Crippen molar-refractivity contribution in [1.82, 2.24) is 10.2 Å². The van der Waals surface area contributed by atoms with E-state index in [9.17, 15) is 14.4 Å². The number of hydrogen-bond donors (Lipinski definition) is 2. The van der Waals surface area contributed by atoms with Crippen LogP contribution in [0.25, 0.3) is 0 Å². The summed E-state index contributed by atoms with van der Waals surface area (Å²) >= 11 is 0. The minimum atomic E-state index is -0.702. The molecule has 3 N–H and O–H groups in total. The standard InChI is InChI=1S/C18H25N3O4/c1-2-25-18(24)20-15(12-13-6-4-3-5-7-13)17(23)21-10-8-14(9-11-21)16(19)22/h3-7,14-15H,2,8-12H2,1H3,(H2,19,22)(H,20,24)/t15-/m0/s1. The summed E-state index contributed by atoms with van der Waals surface area (Å²) < 4.78 is 4.91. The second kappa shape index (κ2) is 9.05. The van der Waals surface area contributed by atoms with E-state index in [1.165, 1.54) is 0 Å². The summed E-state index contributed by atoms with van der Waals surface area (Å²) in [6.07, 6.45) is 0.884. The molecule has 25 heavy (non-hydrogen) atoms. The Morgan fingerprint density at radius 1 is 1.24 bits per heavy atom. The van der Waals surface area contributed by atoms with Gasteiger partial charge >= 0.3 is 6.09 Å². The maximum Gasteiger partial charge on any atom is 0.407 e. The number of carbonyl (C=O) groups excluding carboxylic acids is 3. The van der Waals surface area contributed by atoms with Gasteiger partial charge in [0.25, 0.3) is 0 Å². The van der Waals surface area contributed by atoms with Gasteiger partial charge in [-0.05, 0) is 25.3 Å². The van der Waals surface area contributed by atoms with Gasteiger partial charge in [0, 0.05) is 25.4 Å². The van der Waals surface area contributed by atoms with Crippen molar-refractivity contribution >= 4 is 17.9 Å². The normalized spacial score (nSPS) is 16.1. The number of benzene rings is 1. The molecule has 1 fully saturated rings. The fourth-order valence-electron chi connectivity index (χ4n) is 2.97. The van der Waals surface area contributed by atoms with Crippen molar-refractivity contribution in [2.45, 2.75) is 32.2 Å². The Labute approximate surface area is 147 Å². The lowest BCUT2D eigenvalue weighted by Gasteiger charge is -2.33. The van der Waals surface area contributed by atoms with E-state index in [0.29, 0.717) is 32.4 Å². The molecule has 1 saturated heterocycles. The van der Waals surface area contributed by atoms with E-state index < -0.39 is 12.1 Å². The molecular weight excluding hydrogens is 322 g/mol. The van der Waals surface area contributed by atoms with E-state index >= 15 is 0 Å². The zero-order chi connectivity index (χ0) is 18.2. The first-order chi connectivity index (χ1) is 12.0. The molecule has 136 valence electrons. The third kappa shape index (κ3) is 5.48. The van der Waals surface area contributed by atoms with Crippen molar-refractivity contribution in [3.63, 3.8) is 0 Å². The molecule has 0 unspecified atom stereocenters. The molecule has 3 amide bonds. The van der Waals surface area contributed by atoms with E-state index in [1.54, 1.807) is 11.8 Å². The maximum absolute atomic E-state index is 12.9. The van der Waals surface area contributed by atoms with Gasteiger partial charge in [0.05, 0.1) is 6.61 Å². The molecule has 0 radical (unpaired) electrons. The lowest BCUT2D eigenvalue weighted by molar-refractivity contribution is -0.136. The van der Waals surface area contributed by atoms with E-state index in [2.05, 4.69) is 5.32 Å². The third-order valence-electron chi connectivity index (χ3n) is 4.36. The number of nitrogens with two attached hydrogens (primary N) is 1. The first-order valence-corrected chi connectivity index (χ1v) is 8.56. The zero-order valence-corrected chi connectivity index (χ0v) is 14.4. The molecule has 1 heterocycles. The van der Waals surface area contributed by atoms with Crippen molar-refractivity contribution in [3.05, 3.63) is 35.9 Å². The van der Waals surface area contributed by atoms with Gasteiger partial charge in [0.1, 0.15) is 6.04 Å². The number of nitrogens with zero attached hydrogens (tertiary/aromatic N) is 1. The van der Waals surface area contributed by atoms with Crippen LogP contribution >= 0.6 is 0 Å². The van der Waals surface area contributed by atoms with Crippen LogP contribution in [-0.2, 0) is 20.7 Å². The molecule has 0 spiro atoms. The predicted molar refractivity (Wildman–Crippen MR) is 92.6 cm³/mol. The Morgan fingerprint density at radius 2 is 1.88 bits per heavy atom. The molecular formula is C18H25N3O4. The van der Waals surface area contributed by atoms with Crippen LogP contribution < -0.4 is 11.1 Å². The molecule has 1 aliphatic rings. The number of alkyl carbamates (subject to hydrolysis) is 1. The highest BCUT2D eigenvalue weighted by Gasteiger charge is 2.31. The summed E-state index contributed by atoms with van der Waals surface area (Å²) in [6, 6.07) is 8.79. The number of hydrogen-bond acceptors (Lipinski definition) is 4. The number of likely N-dealkylation sites (tertiary alicyclic amines) is 1. The van der Waals surface area contributed by atoms with Gasteiger partial charge in [0.15, 0.2) is 0 Å². The van der Waals surface area contributed by atoms with Crippen LogP contribution in [0.2, 0.25) is 0 Å². The zero-order valence-electron chi connectivity index (χ0n) is 14.4. The average Bonchev–Trinajstić information content (AvgIpc) is 2.61. The Bertz CT molecular complexity index is 598. The molecule has 0 aromatic heterocycles. The van der Waals surface area contributed by atoms with Crippen LogP contribution in [0.1, 0.15) is 25.3 Å². The molecule has 0 aliphatic carbocycles. The second-order valence-corrected chi connectivity index (χ2v) is 6.11. The monoisotopic (exact) mass is 347 g/mol. The van der Waals surface area contributed by atoms with Crippen LogP contribution in [0.3, 0.4) is 0 Å². The van der Waals surface area contributed by atoms with E-state index in [1.807, 2.05) is 30.3 Å². The van der Waals surface area contributed by atoms with Crippen LogP contribution in [0.5, 0.6) is 0 Å². The van der Waals surface area contributed by atoms with Crippen molar-refractivity contribution in [1.29, 1.82) is 0 Å². The van der Waals surface area contributed by atoms with Crippen molar-refractivity contribution in [3.8, 4) is 0 Å². The SMILES string of the molecule is CCOC(=O)N[C@@H](Cc1ccccc1)C(=O)N1CCC(C(N)=O)CC1. The maximum atomic E-state index is 12.9. The summed E-state index contributed by atoms with van der Waals surface area (Å²) in [6.45, 7) is 2.87. The van der Waals surface area contributed by atoms with Crippen molar-refractivity contribution in [2.75, 3.05) is 19.7 Å². The van der Waals surface area contributed by atoms with Gasteiger partial charge in [-0.25, -0.2) is 4.79 Å². The predicted octanol–water partition coefficient (Wildman–Crippen LogP) is 1.07. The molecule has 1 atom stereocenters. The van der Waals surface area contributed by atoms with Gasteiger partial charge < -0.3 is 20.7 Å². The molecule has 2 rings (SSSR count). The summed E-state index contributed by atoms with van der Waals surface area (Å²) in [4.78, 5) is 37.6. The molecule has 7 nitrogen and oxygen atoms in total. The summed E-state index contributed by atoms with van der Waals surface area (Å²) in [5.41, 5.74) is 6.28. The van der Waals surface area contributed by atoms with E-state index in [4.69, 9.17) is 10.5 Å². The number of ether oxygens (including phenoxy) is 1. The number of primary amides is 1. The van der Waals surface area contributed by atoms with Gasteiger partial charge in [-0.3, -0.25) is 9.59 Å². The first kappa shape index (κ1) is 18.8. The molecule has 1 aromatic rings. The summed E-state index contributed by atoms with van der Waals surface area (Å²) in [7, 11) is 0. The highest BCUT2D eigenvalue weighted by molar-refractivity contribution is 5.86. The third-order valence-corrected chi connectivity index (χ3v) is 4.36. The van der Waals surface area contributed by atoms with E-state index in [-0.39, 0.29) is 24.3 Å². The fraction of sp³-hybridized carbons (Fsp3) is 0.500. The van der Waals surface area contributed by atoms with Gasteiger partial charge in [-0.2, -0.15) is 0 Å². The minimum absolute atomic E-state index is 0.167. The fourth-order valence-corrected chi connectivity index (χ4v) is 2.97. The lowest BCUT2D eigenvalue weighted by atomic mass is 9.95. The van der Waals surface area contributed by atoms with Crippen molar-refractivity contribution in [2.24, 2.45) is 11.7 Å². The average molecular weight is 347 g/mol. The number of carbonyl (C=O) groups is 3.